The summed E-state index contributed by atoms with van der Waals surface area (Å²) in [6.07, 6.45) is 0.983. The van der Waals surface area contributed by atoms with Gasteiger partial charge < -0.3 is 15.1 Å². The molecule has 36 heavy (non-hydrogen) atoms. The Labute approximate surface area is 213 Å². The zero-order chi connectivity index (χ0) is 24.9. The summed E-state index contributed by atoms with van der Waals surface area (Å²) in [4.78, 5) is 60.8. The van der Waals surface area contributed by atoms with Gasteiger partial charge in [-0.1, -0.05) is 30.3 Å². The van der Waals surface area contributed by atoms with Crippen LogP contribution in [0.5, 0.6) is 0 Å². The lowest BCUT2D eigenvalue weighted by molar-refractivity contribution is -0.129. The zero-order valence-corrected chi connectivity index (χ0v) is 21.3. The molecule has 2 aliphatic heterocycles. The molecule has 1 aromatic carbocycles. The predicted octanol–water partition coefficient (Wildman–Crippen LogP) is 0.0877. The van der Waals surface area contributed by atoms with Crippen LogP contribution in [0.25, 0.3) is 11.2 Å². The molecule has 2 aromatic heterocycles. The number of rotatable bonds is 6. The van der Waals surface area contributed by atoms with Crippen molar-refractivity contribution >= 4 is 41.2 Å². The topological polar surface area (TPSA) is 114 Å². The largest absolute Gasteiger partial charge is 0.347 e. The average molecular weight is 516 g/mol. The Kier molecular flexibility index (Phi) is 7.05. The second kappa shape index (κ2) is 9.90. The Balaban J connectivity index is 0.00000304. The number of hydrogen-bond acceptors (Lipinski definition) is 7. The van der Waals surface area contributed by atoms with Gasteiger partial charge in [0.25, 0.3) is 5.56 Å². The van der Waals surface area contributed by atoms with E-state index in [1.807, 2.05) is 0 Å². The molecule has 5 rings (SSSR count). The number of imidazole rings is 1. The van der Waals surface area contributed by atoms with Crippen LogP contribution < -0.4 is 21.5 Å². The van der Waals surface area contributed by atoms with Gasteiger partial charge in [0.1, 0.15) is 6.54 Å². The number of carbonyl (C=O) groups excluding carboxylic acids is 2. The van der Waals surface area contributed by atoms with Crippen LogP contribution >= 0.6 is 12.4 Å². The first-order valence-corrected chi connectivity index (χ1v) is 11.7. The number of Topliss-reactive ketones (excluding diaryl/α,β-unsaturated/α-hetero) is 1. The van der Waals surface area contributed by atoms with Crippen molar-refractivity contribution in [3.8, 4) is 0 Å². The molecule has 4 heterocycles. The van der Waals surface area contributed by atoms with Gasteiger partial charge >= 0.3 is 5.69 Å². The van der Waals surface area contributed by atoms with E-state index < -0.39 is 17.8 Å². The molecular formula is C24H30ClN7O4. The lowest BCUT2D eigenvalue weighted by atomic mass is 10.1. The lowest BCUT2D eigenvalue weighted by Crippen LogP contribution is -2.42. The van der Waals surface area contributed by atoms with Crippen molar-refractivity contribution in [2.45, 2.75) is 25.6 Å². The summed E-state index contributed by atoms with van der Waals surface area (Å²) in [5.74, 6) is 0.424. The van der Waals surface area contributed by atoms with Gasteiger partial charge in [-0.05, 0) is 12.3 Å². The molecule has 0 spiro atoms. The van der Waals surface area contributed by atoms with Crippen LogP contribution in [-0.2, 0) is 24.9 Å². The number of aryl methyl sites for hydroxylation is 1. The normalized spacial score (nSPS) is 18.8. The fraction of sp³-hybridized carbons (Fsp3) is 0.458. The molecule has 2 atom stereocenters. The summed E-state index contributed by atoms with van der Waals surface area (Å²) in [7, 11) is 4.84. The number of anilines is 1. The highest BCUT2D eigenvalue weighted by molar-refractivity contribution is 5.96. The lowest BCUT2D eigenvalue weighted by Gasteiger charge is -2.25. The Hall–Kier alpha value is -3.44. The third-order valence-corrected chi connectivity index (χ3v) is 7.10. The first kappa shape index (κ1) is 25.6. The third kappa shape index (κ3) is 4.22. The SMILES string of the molecule is CN(C)C(=O)Cn1c(N2CCC3CNCC32)nc2c1c(=O)n(CC(=O)c1ccccc1)c(=O)n2C.Cl. The zero-order valence-electron chi connectivity index (χ0n) is 20.5. The Morgan fingerprint density at radius 1 is 1.08 bits per heavy atom. The number of nitrogens with zero attached hydrogens (tertiary/aromatic N) is 6. The molecule has 0 bridgehead atoms. The number of benzene rings is 1. The van der Waals surface area contributed by atoms with Crippen LogP contribution in [0.15, 0.2) is 39.9 Å². The minimum Gasteiger partial charge on any atom is -0.347 e. The minimum absolute atomic E-state index is 0. The van der Waals surface area contributed by atoms with Gasteiger partial charge in [0.2, 0.25) is 11.9 Å². The molecule has 1 N–H and O–H groups in total. The molecule has 0 saturated carbocycles. The third-order valence-electron chi connectivity index (χ3n) is 7.10. The summed E-state index contributed by atoms with van der Waals surface area (Å²) in [6, 6.07) is 8.75. The molecule has 2 fully saturated rings. The first-order valence-electron chi connectivity index (χ1n) is 11.7. The van der Waals surface area contributed by atoms with Gasteiger partial charge in [0, 0.05) is 52.4 Å². The molecule has 192 valence electrons. The molecule has 0 radical (unpaired) electrons. The van der Waals surface area contributed by atoms with Gasteiger partial charge in [-0.25, -0.2) is 4.79 Å². The van der Waals surface area contributed by atoms with Crippen molar-refractivity contribution in [3.05, 3.63) is 56.7 Å². The predicted molar refractivity (Wildman–Crippen MR) is 138 cm³/mol. The van der Waals surface area contributed by atoms with E-state index in [2.05, 4.69) is 10.2 Å². The van der Waals surface area contributed by atoms with E-state index in [9.17, 15) is 19.2 Å². The van der Waals surface area contributed by atoms with Crippen molar-refractivity contribution in [3.63, 3.8) is 0 Å². The van der Waals surface area contributed by atoms with E-state index in [-0.39, 0.29) is 47.8 Å². The van der Waals surface area contributed by atoms with E-state index in [1.54, 1.807) is 49.0 Å². The number of halogens is 1. The fourth-order valence-corrected chi connectivity index (χ4v) is 5.10. The van der Waals surface area contributed by atoms with Crippen molar-refractivity contribution in [1.82, 2.24) is 28.9 Å². The number of nitrogens with one attached hydrogen (secondary N) is 1. The van der Waals surface area contributed by atoms with Crippen molar-refractivity contribution in [2.75, 3.05) is 38.6 Å². The second-order valence-electron chi connectivity index (χ2n) is 9.45. The van der Waals surface area contributed by atoms with Crippen LogP contribution in [0.2, 0.25) is 0 Å². The molecule has 11 nitrogen and oxygen atoms in total. The number of ketones is 1. The van der Waals surface area contributed by atoms with E-state index >= 15 is 0 Å². The number of aromatic nitrogens is 4. The molecule has 12 heteroatoms. The smallest absolute Gasteiger partial charge is 0.332 e. The Bertz CT molecular complexity index is 1430. The summed E-state index contributed by atoms with van der Waals surface area (Å²) in [5.41, 5.74) is -0.482. The molecule has 2 aliphatic rings. The highest BCUT2D eigenvalue weighted by Crippen LogP contribution is 2.32. The van der Waals surface area contributed by atoms with Crippen molar-refractivity contribution < 1.29 is 9.59 Å². The Morgan fingerprint density at radius 3 is 2.50 bits per heavy atom. The molecule has 2 saturated heterocycles. The summed E-state index contributed by atoms with van der Waals surface area (Å²) < 4.78 is 3.84. The Morgan fingerprint density at radius 2 is 1.81 bits per heavy atom. The van der Waals surface area contributed by atoms with Crippen LogP contribution in [0, 0.1) is 5.92 Å². The maximum atomic E-state index is 13.7. The minimum atomic E-state index is -0.627. The quantitative estimate of drug-likeness (QED) is 0.463. The van der Waals surface area contributed by atoms with E-state index in [4.69, 9.17) is 4.98 Å². The number of fused-ring (bicyclic) bond motifs is 2. The van der Waals surface area contributed by atoms with Gasteiger partial charge in [0.15, 0.2) is 16.9 Å². The van der Waals surface area contributed by atoms with Gasteiger partial charge in [0.05, 0.1) is 6.54 Å². The number of carbonyl (C=O) groups is 2. The second-order valence-corrected chi connectivity index (χ2v) is 9.45. The molecule has 1 amide bonds. The summed E-state index contributed by atoms with van der Waals surface area (Å²) >= 11 is 0. The van der Waals surface area contributed by atoms with Crippen LogP contribution in [-0.4, -0.2) is 75.0 Å². The maximum absolute atomic E-state index is 13.7. The van der Waals surface area contributed by atoms with Crippen LogP contribution in [0.3, 0.4) is 0 Å². The van der Waals surface area contributed by atoms with Gasteiger partial charge in [-0.3, -0.25) is 28.1 Å². The van der Waals surface area contributed by atoms with Gasteiger partial charge in [-0.15, -0.1) is 12.4 Å². The highest BCUT2D eigenvalue weighted by atomic mass is 35.5. The standard InChI is InChI=1S/C24H29N7O4.ClH/c1-27(2)19(33)14-30-20-21(26-23(30)29-10-9-16-11-25-12-17(16)29)28(3)24(35)31(22(20)34)13-18(32)15-7-5-4-6-8-15;/h4-8,16-17,25H,9-14H2,1-3H3;1H. The summed E-state index contributed by atoms with van der Waals surface area (Å²) in [5, 5.41) is 3.40. The van der Waals surface area contributed by atoms with E-state index in [0.29, 0.717) is 17.4 Å². The van der Waals surface area contributed by atoms with E-state index in [0.717, 1.165) is 30.6 Å². The van der Waals surface area contributed by atoms with Crippen LogP contribution in [0.4, 0.5) is 5.95 Å². The summed E-state index contributed by atoms with van der Waals surface area (Å²) in [6.45, 7) is 1.98. The molecule has 2 unspecified atom stereocenters. The highest BCUT2D eigenvalue weighted by Gasteiger charge is 2.40. The molecule has 0 aliphatic carbocycles. The maximum Gasteiger partial charge on any atom is 0.332 e. The van der Waals surface area contributed by atoms with Crippen molar-refractivity contribution in [1.29, 1.82) is 0 Å². The first-order chi connectivity index (χ1) is 16.8. The van der Waals surface area contributed by atoms with Gasteiger partial charge in [-0.2, -0.15) is 4.98 Å². The number of amides is 1. The van der Waals surface area contributed by atoms with Crippen LogP contribution in [0.1, 0.15) is 16.8 Å². The average Bonchev–Trinajstić information content (AvgIpc) is 3.56. The van der Waals surface area contributed by atoms with Crippen molar-refractivity contribution in [2.24, 2.45) is 13.0 Å². The molecular weight excluding hydrogens is 486 g/mol. The fourth-order valence-electron chi connectivity index (χ4n) is 5.10. The number of likely N-dealkylation sites (N-methyl/N-ethyl adjacent to an activating group) is 1. The molecule has 3 aromatic rings. The van der Waals surface area contributed by atoms with E-state index in [1.165, 1.54) is 16.5 Å². The number of hydrogen-bond donors (Lipinski definition) is 1. The monoisotopic (exact) mass is 515 g/mol.